The summed E-state index contributed by atoms with van der Waals surface area (Å²) in [4.78, 5) is 37.4. The van der Waals surface area contributed by atoms with Crippen LogP contribution < -0.4 is 4.90 Å². The Labute approximate surface area is 168 Å². The minimum absolute atomic E-state index is 0.0110. The van der Waals surface area contributed by atoms with Crippen LogP contribution in [0.1, 0.15) is 28.9 Å². The number of fused-ring (bicyclic) bond motifs is 1. The van der Waals surface area contributed by atoms with Gasteiger partial charge >= 0.3 is 0 Å². The van der Waals surface area contributed by atoms with Gasteiger partial charge in [-0.1, -0.05) is 6.07 Å². The maximum absolute atomic E-state index is 13.0. The number of aryl methyl sites for hydroxylation is 1. The summed E-state index contributed by atoms with van der Waals surface area (Å²) in [7, 11) is 0. The molecule has 150 valence electrons. The van der Waals surface area contributed by atoms with E-state index in [9.17, 15) is 4.79 Å². The number of pyridine rings is 1. The van der Waals surface area contributed by atoms with Crippen molar-refractivity contribution < 1.29 is 9.53 Å². The molecule has 1 spiro atoms. The molecule has 2 aliphatic rings. The topological polar surface area (TPSA) is 100 Å². The number of nitrogens with one attached hydrogen (secondary N) is 1. The average molecular weight is 393 g/mol. The maximum atomic E-state index is 13.0. The molecule has 0 aliphatic carbocycles. The Bertz CT molecular complexity index is 1040. The lowest BCUT2D eigenvalue weighted by Crippen LogP contribution is -2.58. The predicted molar refractivity (Wildman–Crippen MR) is 107 cm³/mol. The van der Waals surface area contributed by atoms with Gasteiger partial charge in [0.05, 0.1) is 25.1 Å². The number of imidazole rings is 1. The number of piperidine rings is 1. The number of anilines is 1. The van der Waals surface area contributed by atoms with Crippen LogP contribution in [0.2, 0.25) is 0 Å². The van der Waals surface area contributed by atoms with Gasteiger partial charge in [0.2, 0.25) is 0 Å². The number of carbonyl (C=O) groups is 1. The third-order valence-corrected chi connectivity index (χ3v) is 5.92. The molecule has 0 radical (unpaired) electrons. The zero-order chi connectivity index (χ0) is 19.8. The van der Waals surface area contributed by atoms with Crippen molar-refractivity contribution in [2.24, 2.45) is 0 Å². The van der Waals surface area contributed by atoms with Gasteiger partial charge in [0.1, 0.15) is 17.5 Å². The molecule has 2 aliphatic heterocycles. The molecule has 29 heavy (non-hydrogen) atoms. The van der Waals surface area contributed by atoms with Crippen molar-refractivity contribution in [3.63, 3.8) is 0 Å². The smallest absolute Gasteiger partial charge is 0.272 e. The average Bonchev–Trinajstić information content (AvgIpc) is 3.23. The molecule has 2 fully saturated rings. The molecule has 0 unspecified atom stereocenters. The van der Waals surface area contributed by atoms with E-state index in [1.165, 1.54) is 0 Å². The van der Waals surface area contributed by atoms with Crippen LogP contribution >= 0.6 is 0 Å². The first-order valence-corrected chi connectivity index (χ1v) is 9.89. The number of hydrogen-bond acceptors (Lipinski definition) is 7. The van der Waals surface area contributed by atoms with E-state index < -0.39 is 0 Å². The fourth-order valence-electron chi connectivity index (χ4n) is 4.30. The molecule has 1 amide bonds. The zero-order valence-corrected chi connectivity index (χ0v) is 16.3. The van der Waals surface area contributed by atoms with Gasteiger partial charge in [0.25, 0.3) is 5.91 Å². The molecule has 1 N–H and O–H groups in total. The third-order valence-electron chi connectivity index (χ3n) is 5.92. The Morgan fingerprint density at radius 3 is 2.86 bits per heavy atom. The van der Waals surface area contributed by atoms with Crippen LogP contribution in [0.5, 0.6) is 0 Å². The number of nitrogens with zero attached hydrogens (tertiary/aromatic N) is 6. The lowest BCUT2D eigenvalue weighted by molar-refractivity contribution is -0.111. The van der Waals surface area contributed by atoms with E-state index in [1.807, 2.05) is 24.0 Å². The quantitative estimate of drug-likeness (QED) is 0.705. The zero-order valence-electron chi connectivity index (χ0n) is 16.3. The van der Waals surface area contributed by atoms with E-state index in [1.54, 1.807) is 18.9 Å². The van der Waals surface area contributed by atoms with Crippen molar-refractivity contribution >= 4 is 22.9 Å². The van der Waals surface area contributed by atoms with Crippen molar-refractivity contribution in [1.82, 2.24) is 29.8 Å². The van der Waals surface area contributed by atoms with Crippen LogP contribution in [-0.4, -0.2) is 74.1 Å². The second-order valence-electron chi connectivity index (χ2n) is 7.71. The molecular weight excluding hydrogens is 370 g/mol. The molecule has 0 aromatic carbocycles. The SMILES string of the molecule is Cc1cccnc1C(=O)N1CCOC2(CCN(c3ncnc4nc[nH]c34)CC2)C1. The standard InChI is InChI=1S/C20H23N7O2/c1-14-3-2-6-21-15(14)19(28)27-9-10-29-20(11-27)4-7-26(8-5-20)18-16-17(23-12-22-16)24-13-25-18/h2-3,6,12-13H,4-5,7-11H2,1H3,(H,22,23,24,25). The first-order chi connectivity index (χ1) is 14.2. The molecule has 9 heteroatoms. The summed E-state index contributed by atoms with van der Waals surface area (Å²) in [5.74, 6) is 0.860. The number of amides is 1. The summed E-state index contributed by atoms with van der Waals surface area (Å²) in [5, 5.41) is 0. The first kappa shape index (κ1) is 18.0. The van der Waals surface area contributed by atoms with E-state index >= 15 is 0 Å². The highest BCUT2D eigenvalue weighted by Gasteiger charge is 2.42. The number of morpholine rings is 1. The Morgan fingerprint density at radius 2 is 2.03 bits per heavy atom. The van der Waals surface area contributed by atoms with Crippen LogP contribution in [-0.2, 0) is 4.74 Å². The Kier molecular flexibility index (Phi) is 4.39. The second-order valence-corrected chi connectivity index (χ2v) is 7.71. The van der Waals surface area contributed by atoms with E-state index in [0.717, 1.165) is 42.8 Å². The molecule has 9 nitrogen and oxygen atoms in total. The lowest BCUT2D eigenvalue weighted by atomic mass is 9.89. The van der Waals surface area contributed by atoms with Crippen molar-refractivity contribution in [1.29, 1.82) is 0 Å². The predicted octanol–water partition coefficient (Wildman–Crippen LogP) is 1.57. The summed E-state index contributed by atoms with van der Waals surface area (Å²) in [6, 6.07) is 3.78. The monoisotopic (exact) mass is 393 g/mol. The van der Waals surface area contributed by atoms with Gasteiger partial charge in [-0.2, -0.15) is 0 Å². The number of carbonyl (C=O) groups excluding carboxylic acids is 1. The summed E-state index contributed by atoms with van der Waals surface area (Å²) in [6.07, 6.45) is 6.53. The van der Waals surface area contributed by atoms with E-state index in [-0.39, 0.29) is 11.5 Å². The number of aromatic nitrogens is 5. The number of H-pyrrole nitrogens is 1. The normalized spacial score (nSPS) is 19.1. The Hall–Kier alpha value is -3.07. The van der Waals surface area contributed by atoms with Gasteiger partial charge in [-0.05, 0) is 31.4 Å². The molecular formula is C20H23N7O2. The Morgan fingerprint density at radius 1 is 1.17 bits per heavy atom. The van der Waals surface area contributed by atoms with E-state index in [2.05, 4.69) is 29.8 Å². The molecule has 0 atom stereocenters. The molecule has 3 aromatic heterocycles. The minimum atomic E-state index is -0.312. The third kappa shape index (κ3) is 3.21. The highest BCUT2D eigenvalue weighted by atomic mass is 16.5. The fourth-order valence-corrected chi connectivity index (χ4v) is 4.30. The lowest BCUT2D eigenvalue weighted by Gasteiger charge is -2.47. The fraction of sp³-hybridized carbons (Fsp3) is 0.450. The highest BCUT2D eigenvalue weighted by molar-refractivity contribution is 5.93. The molecule has 5 heterocycles. The van der Waals surface area contributed by atoms with Crippen molar-refractivity contribution in [3.8, 4) is 0 Å². The second kappa shape index (κ2) is 7.07. The van der Waals surface area contributed by atoms with Gasteiger partial charge < -0.3 is 19.5 Å². The highest BCUT2D eigenvalue weighted by Crippen LogP contribution is 2.33. The number of rotatable bonds is 2. The molecule has 0 bridgehead atoms. The van der Waals surface area contributed by atoms with E-state index in [0.29, 0.717) is 31.0 Å². The van der Waals surface area contributed by atoms with Crippen LogP contribution in [0.3, 0.4) is 0 Å². The molecule has 5 rings (SSSR count). The Balaban J connectivity index is 1.31. The first-order valence-electron chi connectivity index (χ1n) is 9.89. The van der Waals surface area contributed by atoms with Crippen LogP contribution in [0.15, 0.2) is 31.0 Å². The van der Waals surface area contributed by atoms with E-state index in [4.69, 9.17) is 4.74 Å². The summed E-state index contributed by atoms with van der Waals surface area (Å²) in [5.41, 5.74) is 2.65. The number of ether oxygens (including phenoxy) is 1. The van der Waals surface area contributed by atoms with Crippen LogP contribution in [0.4, 0.5) is 5.82 Å². The maximum Gasteiger partial charge on any atom is 0.272 e. The van der Waals surface area contributed by atoms with Crippen LogP contribution in [0, 0.1) is 6.92 Å². The largest absolute Gasteiger partial charge is 0.371 e. The summed E-state index contributed by atoms with van der Waals surface area (Å²) in [6.45, 7) is 5.27. The summed E-state index contributed by atoms with van der Waals surface area (Å²) < 4.78 is 6.22. The number of hydrogen-bond donors (Lipinski definition) is 1. The minimum Gasteiger partial charge on any atom is -0.371 e. The van der Waals surface area contributed by atoms with Gasteiger partial charge in [0.15, 0.2) is 11.5 Å². The molecule has 3 aromatic rings. The van der Waals surface area contributed by atoms with Crippen molar-refractivity contribution in [2.75, 3.05) is 37.7 Å². The van der Waals surface area contributed by atoms with Gasteiger partial charge in [0, 0.05) is 25.8 Å². The summed E-state index contributed by atoms with van der Waals surface area (Å²) >= 11 is 0. The molecule has 2 saturated heterocycles. The molecule has 0 saturated carbocycles. The number of aromatic amines is 1. The van der Waals surface area contributed by atoms with Crippen molar-refractivity contribution in [2.45, 2.75) is 25.4 Å². The van der Waals surface area contributed by atoms with Crippen LogP contribution in [0.25, 0.3) is 11.2 Å². The van der Waals surface area contributed by atoms with Gasteiger partial charge in [-0.15, -0.1) is 0 Å². The van der Waals surface area contributed by atoms with Gasteiger partial charge in [-0.25, -0.2) is 15.0 Å². The van der Waals surface area contributed by atoms with Crippen molar-refractivity contribution in [3.05, 3.63) is 42.2 Å². The van der Waals surface area contributed by atoms with Gasteiger partial charge in [-0.3, -0.25) is 9.78 Å².